The number of benzene rings is 1. The molecule has 0 bridgehead atoms. The van der Waals surface area contributed by atoms with Gasteiger partial charge >= 0.3 is 0 Å². The van der Waals surface area contributed by atoms with Crippen LogP contribution in [0.15, 0.2) is 29.8 Å². The van der Waals surface area contributed by atoms with Gasteiger partial charge in [0, 0.05) is 24.5 Å². The summed E-state index contributed by atoms with van der Waals surface area (Å²) >= 11 is 1.64. The zero-order chi connectivity index (χ0) is 12.1. The zero-order valence-electron chi connectivity index (χ0n) is 9.18. The lowest BCUT2D eigenvalue weighted by atomic mass is 10.1. The molecule has 0 fully saturated rings. The van der Waals surface area contributed by atoms with E-state index in [9.17, 15) is 0 Å². The molecular formula is C12H12N4S. The second kappa shape index (κ2) is 5.32. The van der Waals surface area contributed by atoms with Crippen molar-refractivity contribution in [2.24, 2.45) is 0 Å². The molecule has 1 aromatic heterocycles. The molecule has 0 saturated carbocycles. The van der Waals surface area contributed by atoms with Crippen molar-refractivity contribution >= 4 is 22.7 Å². The van der Waals surface area contributed by atoms with Crippen molar-refractivity contribution in [3.8, 4) is 6.07 Å². The van der Waals surface area contributed by atoms with Crippen LogP contribution >= 0.6 is 11.3 Å². The highest BCUT2D eigenvalue weighted by Crippen LogP contribution is 2.21. The van der Waals surface area contributed by atoms with Gasteiger partial charge in [-0.25, -0.2) is 4.98 Å². The number of anilines is 2. The number of thiazole rings is 1. The quantitative estimate of drug-likeness (QED) is 0.809. The van der Waals surface area contributed by atoms with Crippen molar-refractivity contribution in [1.29, 1.82) is 5.26 Å². The minimum absolute atomic E-state index is 0.504. The Morgan fingerprint density at radius 1 is 1.47 bits per heavy atom. The van der Waals surface area contributed by atoms with Crippen molar-refractivity contribution in [1.82, 2.24) is 4.98 Å². The first-order chi connectivity index (χ1) is 8.31. The van der Waals surface area contributed by atoms with Gasteiger partial charge in [0.05, 0.1) is 21.9 Å². The SMILES string of the molecule is N#Cc1cccc(NCCc2nccs2)c1N. The van der Waals surface area contributed by atoms with Crippen LogP contribution in [0.1, 0.15) is 10.6 Å². The summed E-state index contributed by atoms with van der Waals surface area (Å²) in [6.45, 7) is 0.757. The van der Waals surface area contributed by atoms with E-state index in [1.807, 2.05) is 17.5 Å². The van der Waals surface area contributed by atoms with Gasteiger partial charge in [-0.3, -0.25) is 0 Å². The highest BCUT2D eigenvalue weighted by Gasteiger charge is 2.03. The Labute approximate surface area is 104 Å². The van der Waals surface area contributed by atoms with E-state index in [-0.39, 0.29) is 0 Å². The molecule has 5 heteroatoms. The van der Waals surface area contributed by atoms with Gasteiger partial charge in [-0.1, -0.05) is 6.07 Å². The summed E-state index contributed by atoms with van der Waals surface area (Å²) in [7, 11) is 0. The van der Waals surface area contributed by atoms with Crippen molar-refractivity contribution in [2.75, 3.05) is 17.6 Å². The number of hydrogen-bond acceptors (Lipinski definition) is 5. The van der Waals surface area contributed by atoms with Gasteiger partial charge < -0.3 is 11.1 Å². The van der Waals surface area contributed by atoms with Crippen molar-refractivity contribution in [3.63, 3.8) is 0 Å². The van der Waals surface area contributed by atoms with Gasteiger partial charge in [0.1, 0.15) is 6.07 Å². The Balaban J connectivity index is 1.98. The first-order valence-corrected chi connectivity index (χ1v) is 6.10. The average Bonchev–Trinajstić information content (AvgIpc) is 2.84. The predicted molar refractivity (Wildman–Crippen MR) is 69.9 cm³/mol. The van der Waals surface area contributed by atoms with E-state index < -0.39 is 0 Å². The molecule has 0 radical (unpaired) electrons. The van der Waals surface area contributed by atoms with Gasteiger partial charge in [-0.15, -0.1) is 11.3 Å². The lowest BCUT2D eigenvalue weighted by Crippen LogP contribution is -2.07. The molecular weight excluding hydrogens is 232 g/mol. The highest BCUT2D eigenvalue weighted by atomic mass is 32.1. The lowest BCUT2D eigenvalue weighted by Gasteiger charge is -2.09. The molecule has 0 aliphatic carbocycles. The summed E-state index contributed by atoms with van der Waals surface area (Å²) in [4.78, 5) is 4.20. The molecule has 17 heavy (non-hydrogen) atoms. The normalized spacial score (nSPS) is 9.82. The number of nitriles is 1. The second-order valence-corrected chi connectivity index (χ2v) is 4.46. The van der Waals surface area contributed by atoms with Crippen LogP contribution in [0.25, 0.3) is 0 Å². The molecule has 0 aliphatic heterocycles. The molecule has 4 nitrogen and oxygen atoms in total. The van der Waals surface area contributed by atoms with E-state index >= 15 is 0 Å². The number of nitrogens with two attached hydrogens (primary N) is 1. The number of rotatable bonds is 4. The summed E-state index contributed by atoms with van der Waals surface area (Å²) in [5.74, 6) is 0. The maximum Gasteiger partial charge on any atom is 0.101 e. The first kappa shape index (κ1) is 11.4. The van der Waals surface area contributed by atoms with Crippen LogP contribution in [0, 0.1) is 11.3 Å². The van der Waals surface area contributed by atoms with E-state index in [1.54, 1.807) is 23.6 Å². The minimum atomic E-state index is 0.504. The number of aromatic nitrogens is 1. The molecule has 0 saturated heterocycles. The number of hydrogen-bond donors (Lipinski definition) is 2. The van der Waals surface area contributed by atoms with Crippen molar-refractivity contribution in [3.05, 3.63) is 40.3 Å². The molecule has 0 amide bonds. The molecule has 0 spiro atoms. The third kappa shape index (κ3) is 2.74. The minimum Gasteiger partial charge on any atom is -0.396 e. The fourth-order valence-electron chi connectivity index (χ4n) is 1.50. The molecule has 2 rings (SSSR count). The smallest absolute Gasteiger partial charge is 0.101 e. The van der Waals surface area contributed by atoms with Crippen LogP contribution in [-0.4, -0.2) is 11.5 Å². The largest absolute Gasteiger partial charge is 0.396 e. The standard InChI is InChI=1S/C12H12N4S/c13-8-9-2-1-3-10(12(9)14)15-5-4-11-16-6-7-17-11/h1-3,6-7,15H,4-5,14H2. The van der Waals surface area contributed by atoms with E-state index in [4.69, 9.17) is 11.0 Å². The maximum atomic E-state index is 8.85. The lowest BCUT2D eigenvalue weighted by molar-refractivity contribution is 0.998. The van der Waals surface area contributed by atoms with Crippen LogP contribution in [0.2, 0.25) is 0 Å². The number of nitrogens with one attached hydrogen (secondary N) is 1. The molecule has 1 heterocycles. The Morgan fingerprint density at radius 3 is 3.06 bits per heavy atom. The Hall–Kier alpha value is -2.06. The van der Waals surface area contributed by atoms with Crippen LogP contribution < -0.4 is 11.1 Å². The Bertz CT molecular complexity index is 528. The van der Waals surface area contributed by atoms with Gasteiger partial charge in [0.2, 0.25) is 0 Å². The van der Waals surface area contributed by atoms with Gasteiger partial charge in [-0.05, 0) is 12.1 Å². The maximum absolute atomic E-state index is 8.85. The Kier molecular flexibility index (Phi) is 3.58. The van der Waals surface area contributed by atoms with E-state index in [0.717, 1.165) is 23.7 Å². The van der Waals surface area contributed by atoms with Crippen LogP contribution in [0.3, 0.4) is 0 Å². The molecule has 86 valence electrons. The van der Waals surface area contributed by atoms with Gasteiger partial charge in [0.15, 0.2) is 0 Å². The second-order valence-electron chi connectivity index (χ2n) is 3.48. The Morgan fingerprint density at radius 2 is 2.35 bits per heavy atom. The van der Waals surface area contributed by atoms with E-state index in [2.05, 4.69) is 16.4 Å². The molecule has 1 aromatic carbocycles. The van der Waals surface area contributed by atoms with Crippen LogP contribution in [-0.2, 0) is 6.42 Å². The predicted octanol–water partition coefficient (Wildman–Crippen LogP) is 2.25. The van der Waals surface area contributed by atoms with Crippen LogP contribution in [0.5, 0.6) is 0 Å². The van der Waals surface area contributed by atoms with E-state index in [0.29, 0.717) is 11.3 Å². The third-order valence-electron chi connectivity index (χ3n) is 2.36. The average molecular weight is 244 g/mol. The van der Waals surface area contributed by atoms with Gasteiger partial charge in [0.25, 0.3) is 0 Å². The van der Waals surface area contributed by atoms with Crippen LogP contribution in [0.4, 0.5) is 11.4 Å². The highest BCUT2D eigenvalue weighted by molar-refractivity contribution is 7.09. The molecule has 0 unspecified atom stereocenters. The number of nitrogen functional groups attached to an aromatic ring is 1. The number of nitrogens with zero attached hydrogens (tertiary/aromatic N) is 2. The topological polar surface area (TPSA) is 74.7 Å². The zero-order valence-corrected chi connectivity index (χ0v) is 10.00. The molecule has 3 N–H and O–H groups in total. The first-order valence-electron chi connectivity index (χ1n) is 5.22. The molecule has 2 aromatic rings. The summed E-state index contributed by atoms with van der Waals surface area (Å²) < 4.78 is 0. The fourth-order valence-corrected chi connectivity index (χ4v) is 2.12. The summed E-state index contributed by atoms with van der Waals surface area (Å²) in [5.41, 5.74) is 7.67. The summed E-state index contributed by atoms with van der Waals surface area (Å²) in [6.07, 6.45) is 2.65. The van der Waals surface area contributed by atoms with Gasteiger partial charge in [-0.2, -0.15) is 5.26 Å². The number of para-hydroxylation sites is 1. The fraction of sp³-hybridized carbons (Fsp3) is 0.167. The van der Waals surface area contributed by atoms with E-state index in [1.165, 1.54) is 0 Å². The molecule has 0 atom stereocenters. The van der Waals surface area contributed by atoms with Crippen molar-refractivity contribution < 1.29 is 0 Å². The summed E-state index contributed by atoms with van der Waals surface area (Å²) in [5, 5.41) is 15.1. The van der Waals surface area contributed by atoms with Crippen molar-refractivity contribution in [2.45, 2.75) is 6.42 Å². The third-order valence-corrected chi connectivity index (χ3v) is 3.20. The summed E-state index contributed by atoms with van der Waals surface area (Å²) in [6, 6.07) is 7.47. The molecule has 0 aliphatic rings. The monoisotopic (exact) mass is 244 g/mol.